The first-order valence-corrected chi connectivity index (χ1v) is 8.18. The highest BCUT2D eigenvalue weighted by Crippen LogP contribution is 2.47. The second-order valence-corrected chi connectivity index (χ2v) is 6.27. The summed E-state index contributed by atoms with van der Waals surface area (Å²) in [7, 11) is 0. The highest BCUT2D eigenvalue weighted by molar-refractivity contribution is 5.95. The topological polar surface area (TPSA) is 88.0 Å². The molecule has 0 aliphatic heterocycles. The molecule has 0 bridgehead atoms. The Morgan fingerprint density at radius 1 is 1.20 bits per heavy atom. The highest BCUT2D eigenvalue weighted by atomic mass is 16.5. The van der Waals surface area contributed by atoms with Crippen LogP contribution in [0.2, 0.25) is 0 Å². The van der Waals surface area contributed by atoms with Crippen LogP contribution in [0.4, 0.5) is 5.69 Å². The van der Waals surface area contributed by atoms with E-state index in [1.165, 1.54) is 5.56 Å². The van der Waals surface area contributed by atoms with Gasteiger partial charge in [-0.3, -0.25) is 14.3 Å². The molecule has 4 rings (SSSR count). The van der Waals surface area contributed by atoms with Gasteiger partial charge in [0.2, 0.25) is 5.91 Å². The van der Waals surface area contributed by atoms with Crippen LogP contribution >= 0.6 is 0 Å². The van der Waals surface area contributed by atoms with Gasteiger partial charge in [0.15, 0.2) is 5.82 Å². The number of aromatic nitrogens is 2. The fourth-order valence-electron chi connectivity index (χ4n) is 3.08. The number of carbonyl (C=O) groups is 1. The van der Waals surface area contributed by atoms with Gasteiger partial charge >= 0.3 is 5.76 Å². The average Bonchev–Trinajstić information content (AvgIpc) is 3.33. The zero-order valence-electron chi connectivity index (χ0n) is 13.4. The maximum atomic E-state index is 12.4. The van der Waals surface area contributed by atoms with E-state index in [2.05, 4.69) is 32.1 Å². The van der Waals surface area contributed by atoms with Crippen molar-refractivity contribution in [1.82, 2.24) is 10.1 Å². The average molecular weight is 335 g/mol. The van der Waals surface area contributed by atoms with Crippen molar-refractivity contribution >= 4 is 11.6 Å². The Hall–Kier alpha value is -3.15. The Morgan fingerprint density at radius 2 is 2.04 bits per heavy atom. The standard InChI is InChI=1S/C19H17N3O3/c23-18(16-11-15(16)13-6-2-1-3-7-13)20-14-8-4-5-12(9-14)10-17-21-19(24)25-22-17/h1-9,15-16H,10-11H2,(H,20,23)(H,21,22,24)/t15-,16+/m0/s1. The third kappa shape index (κ3) is 3.52. The smallest absolute Gasteiger partial charge is 0.326 e. The molecule has 1 heterocycles. The van der Waals surface area contributed by atoms with Crippen molar-refractivity contribution in [2.45, 2.75) is 18.8 Å². The van der Waals surface area contributed by atoms with Crippen LogP contribution in [-0.2, 0) is 11.2 Å². The quantitative estimate of drug-likeness (QED) is 0.750. The summed E-state index contributed by atoms with van der Waals surface area (Å²) in [5, 5.41) is 6.63. The van der Waals surface area contributed by atoms with Gasteiger partial charge in [-0.25, -0.2) is 4.79 Å². The van der Waals surface area contributed by atoms with Crippen molar-refractivity contribution in [2.75, 3.05) is 5.32 Å². The van der Waals surface area contributed by atoms with Crippen molar-refractivity contribution in [3.63, 3.8) is 0 Å². The molecule has 2 aromatic carbocycles. The number of amides is 1. The van der Waals surface area contributed by atoms with Crippen LogP contribution in [0.1, 0.15) is 29.3 Å². The molecule has 1 aliphatic rings. The molecule has 0 saturated heterocycles. The van der Waals surface area contributed by atoms with Gasteiger partial charge in [-0.2, -0.15) is 0 Å². The lowest BCUT2D eigenvalue weighted by molar-refractivity contribution is -0.117. The van der Waals surface area contributed by atoms with Crippen molar-refractivity contribution < 1.29 is 9.32 Å². The Bertz CT molecular complexity index is 946. The predicted molar refractivity (Wildman–Crippen MR) is 92.3 cm³/mol. The van der Waals surface area contributed by atoms with Crippen molar-refractivity contribution in [1.29, 1.82) is 0 Å². The van der Waals surface area contributed by atoms with Crippen molar-refractivity contribution in [3.05, 3.63) is 82.1 Å². The summed E-state index contributed by atoms with van der Waals surface area (Å²) in [6.07, 6.45) is 1.32. The molecular weight excluding hydrogens is 318 g/mol. The third-order valence-electron chi connectivity index (χ3n) is 4.41. The summed E-state index contributed by atoms with van der Waals surface area (Å²) < 4.78 is 4.49. The van der Waals surface area contributed by atoms with Crippen molar-refractivity contribution in [2.24, 2.45) is 5.92 Å². The first-order chi connectivity index (χ1) is 12.2. The summed E-state index contributed by atoms with van der Waals surface area (Å²) in [5.74, 6) is 0.267. The lowest BCUT2D eigenvalue weighted by Crippen LogP contribution is -2.14. The summed E-state index contributed by atoms with van der Waals surface area (Å²) >= 11 is 0. The van der Waals surface area contributed by atoms with E-state index < -0.39 is 5.76 Å². The molecule has 1 aromatic heterocycles. The molecule has 2 N–H and O–H groups in total. The number of benzene rings is 2. The molecule has 6 nitrogen and oxygen atoms in total. The van der Waals surface area contributed by atoms with E-state index in [1.54, 1.807) is 0 Å². The van der Waals surface area contributed by atoms with Gasteiger partial charge in [-0.15, -0.1) is 0 Å². The number of hydrogen-bond acceptors (Lipinski definition) is 4. The minimum atomic E-state index is -0.569. The first-order valence-electron chi connectivity index (χ1n) is 8.18. The van der Waals surface area contributed by atoms with Crippen LogP contribution in [0, 0.1) is 5.92 Å². The Morgan fingerprint density at radius 3 is 2.80 bits per heavy atom. The van der Waals surface area contributed by atoms with Crippen LogP contribution < -0.4 is 11.1 Å². The van der Waals surface area contributed by atoms with Crippen molar-refractivity contribution in [3.8, 4) is 0 Å². The molecule has 0 radical (unpaired) electrons. The van der Waals surface area contributed by atoms with E-state index in [0.29, 0.717) is 18.2 Å². The van der Waals surface area contributed by atoms with E-state index in [0.717, 1.165) is 17.7 Å². The molecule has 3 aromatic rings. The maximum Gasteiger partial charge on any atom is 0.438 e. The molecule has 2 atom stereocenters. The second kappa shape index (κ2) is 6.39. The van der Waals surface area contributed by atoms with E-state index in [1.807, 2.05) is 42.5 Å². The number of H-pyrrole nitrogens is 1. The van der Waals surface area contributed by atoms with Gasteiger partial charge < -0.3 is 5.32 Å². The van der Waals surface area contributed by atoms with E-state index in [9.17, 15) is 9.59 Å². The monoisotopic (exact) mass is 335 g/mol. The van der Waals surface area contributed by atoms with E-state index in [-0.39, 0.29) is 11.8 Å². The predicted octanol–water partition coefficient (Wildman–Crippen LogP) is 2.70. The summed E-state index contributed by atoms with van der Waals surface area (Å²) in [6, 6.07) is 17.6. The summed E-state index contributed by atoms with van der Waals surface area (Å²) in [4.78, 5) is 25.9. The normalized spacial score (nSPS) is 18.7. The number of carbonyl (C=O) groups excluding carboxylic acids is 1. The Balaban J connectivity index is 1.40. The zero-order chi connectivity index (χ0) is 17.2. The molecule has 25 heavy (non-hydrogen) atoms. The van der Waals surface area contributed by atoms with E-state index in [4.69, 9.17) is 0 Å². The van der Waals surface area contributed by atoms with Gasteiger partial charge in [0, 0.05) is 18.0 Å². The lowest BCUT2D eigenvalue weighted by Gasteiger charge is -2.07. The second-order valence-electron chi connectivity index (χ2n) is 6.27. The SMILES string of the molecule is O=C(Nc1cccc(Cc2noc(=O)[nH]2)c1)[C@@H]1C[C@H]1c1ccccc1. The minimum absolute atomic E-state index is 0.0259. The van der Waals surface area contributed by atoms with Gasteiger partial charge in [0.25, 0.3) is 0 Å². The van der Waals surface area contributed by atoms with Crippen LogP contribution in [-0.4, -0.2) is 16.0 Å². The molecule has 1 fully saturated rings. The number of aromatic amines is 1. The fourth-order valence-corrected chi connectivity index (χ4v) is 3.08. The molecule has 6 heteroatoms. The largest absolute Gasteiger partial charge is 0.438 e. The molecule has 0 unspecified atom stereocenters. The third-order valence-corrected chi connectivity index (χ3v) is 4.41. The van der Waals surface area contributed by atoms with Gasteiger partial charge in [-0.05, 0) is 35.6 Å². The number of rotatable bonds is 5. The maximum absolute atomic E-state index is 12.4. The zero-order valence-corrected chi connectivity index (χ0v) is 13.4. The molecular formula is C19H17N3O3. The molecule has 126 valence electrons. The number of nitrogens with zero attached hydrogens (tertiary/aromatic N) is 1. The van der Waals surface area contributed by atoms with Crippen LogP contribution in [0.5, 0.6) is 0 Å². The summed E-state index contributed by atoms with van der Waals surface area (Å²) in [5.41, 5.74) is 2.89. The van der Waals surface area contributed by atoms with Crippen LogP contribution in [0.15, 0.2) is 63.9 Å². The van der Waals surface area contributed by atoms with Crippen LogP contribution in [0.3, 0.4) is 0 Å². The minimum Gasteiger partial charge on any atom is -0.326 e. The lowest BCUT2D eigenvalue weighted by atomic mass is 10.1. The van der Waals surface area contributed by atoms with Gasteiger partial charge in [0.05, 0.1) is 0 Å². The molecule has 0 spiro atoms. The summed E-state index contributed by atoms with van der Waals surface area (Å²) in [6.45, 7) is 0. The van der Waals surface area contributed by atoms with Gasteiger partial charge in [-0.1, -0.05) is 47.6 Å². The number of hydrogen-bond donors (Lipinski definition) is 2. The van der Waals surface area contributed by atoms with Gasteiger partial charge in [0.1, 0.15) is 0 Å². The fraction of sp³-hybridized carbons (Fsp3) is 0.211. The molecule has 1 amide bonds. The van der Waals surface area contributed by atoms with Crippen LogP contribution in [0.25, 0.3) is 0 Å². The first kappa shape index (κ1) is 15.4. The number of nitrogens with one attached hydrogen (secondary N) is 2. The number of anilines is 1. The molecule has 1 saturated carbocycles. The highest BCUT2D eigenvalue weighted by Gasteiger charge is 2.43. The molecule has 1 aliphatic carbocycles. The Kier molecular flexibility index (Phi) is 3.93. The Labute approximate surface area is 143 Å². The van der Waals surface area contributed by atoms with E-state index >= 15 is 0 Å².